The molecule has 1 fully saturated rings. The Bertz CT molecular complexity index is 891. The third-order valence-electron chi connectivity index (χ3n) is 4.57. The van der Waals surface area contributed by atoms with E-state index in [0.717, 1.165) is 12.8 Å². The van der Waals surface area contributed by atoms with Crippen LogP contribution in [0.25, 0.3) is 0 Å². The maximum atomic E-state index is 13.0. The zero-order valence-electron chi connectivity index (χ0n) is 14.9. The summed E-state index contributed by atoms with van der Waals surface area (Å²) in [5.41, 5.74) is 0.827. The molecule has 0 bridgehead atoms. The van der Waals surface area contributed by atoms with Crippen molar-refractivity contribution in [3.05, 3.63) is 54.1 Å². The first kappa shape index (κ1) is 18.3. The lowest BCUT2D eigenvalue weighted by atomic mass is 10.1. The second-order valence-corrected chi connectivity index (χ2v) is 8.14. The Balaban J connectivity index is 2.00. The van der Waals surface area contributed by atoms with Crippen LogP contribution in [-0.4, -0.2) is 46.5 Å². The number of rotatable bonds is 5. The van der Waals surface area contributed by atoms with Crippen LogP contribution in [0.2, 0.25) is 0 Å². The van der Waals surface area contributed by atoms with Crippen molar-refractivity contribution in [2.24, 2.45) is 0 Å². The number of amides is 1. The Kier molecular flexibility index (Phi) is 5.18. The first-order valence-electron chi connectivity index (χ1n) is 8.46. The molecule has 0 aromatic heterocycles. The zero-order chi connectivity index (χ0) is 18.7. The fraction of sp³-hybridized carbons (Fsp3) is 0.316. The van der Waals surface area contributed by atoms with E-state index in [2.05, 4.69) is 0 Å². The minimum absolute atomic E-state index is 0.0622. The molecule has 0 unspecified atom stereocenters. The Labute approximate surface area is 154 Å². The largest absolute Gasteiger partial charge is 0.496 e. The number of anilines is 1. The quantitative estimate of drug-likeness (QED) is 0.807. The van der Waals surface area contributed by atoms with Crippen molar-refractivity contribution < 1.29 is 17.9 Å². The molecule has 0 spiro atoms. The van der Waals surface area contributed by atoms with E-state index in [9.17, 15) is 13.2 Å². The summed E-state index contributed by atoms with van der Waals surface area (Å²) in [6.45, 7) is 1.37. The molecule has 1 amide bonds. The van der Waals surface area contributed by atoms with Gasteiger partial charge in [-0.2, -0.15) is 0 Å². The number of benzene rings is 2. The van der Waals surface area contributed by atoms with Crippen LogP contribution < -0.4 is 9.04 Å². The van der Waals surface area contributed by atoms with Gasteiger partial charge in [-0.15, -0.1) is 0 Å². The van der Waals surface area contributed by atoms with Crippen molar-refractivity contribution in [2.75, 3.05) is 31.6 Å². The van der Waals surface area contributed by atoms with Crippen molar-refractivity contribution >= 4 is 21.6 Å². The van der Waals surface area contributed by atoms with E-state index in [1.807, 2.05) is 6.07 Å². The van der Waals surface area contributed by atoms with E-state index in [0.29, 0.717) is 24.5 Å². The molecule has 1 aliphatic heterocycles. The van der Waals surface area contributed by atoms with E-state index in [1.54, 1.807) is 29.2 Å². The molecule has 0 N–H and O–H groups in total. The SMILES string of the molecule is COc1ccc(S(=O)(=O)N(C)c2ccccc2)cc1C(=O)N1CCCC1. The van der Waals surface area contributed by atoms with Gasteiger partial charge in [-0.1, -0.05) is 18.2 Å². The van der Waals surface area contributed by atoms with Gasteiger partial charge in [-0.25, -0.2) is 8.42 Å². The maximum absolute atomic E-state index is 13.0. The fourth-order valence-electron chi connectivity index (χ4n) is 3.04. The number of carbonyl (C=O) groups is 1. The normalized spacial score (nSPS) is 14.3. The van der Waals surface area contributed by atoms with Gasteiger partial charge in [0.05, 0.1) is 23.3 Å². The Morgan fingerprint density at radius 3 is 2.35 bits per heavy atom. The number of ether oxygens (including phenoxy) is 1. The number of carbonyl (C=O) groups excluding carboxylic acids is 1. The number of hydrogen-bond acceptors (Lipinski definition) is 4. The van der Waals surface area contributed by atoms with Crippen LogP contribution in [0.4, 0.5) is 5.69 Å². The van der Waals surface area contributed by atoms with Gasteiger partial charge in [0.1, 0.15) is 5.75 Å². The van der Waals surface area contributed by atoms with Crippen LogP contribution in [0.5, 0.6) is 5.75 Å². The predicted octanol–water partition coefficient (Wildman–Crippen LogP) is 2.76. The number of likely N-dealkylation sites (tertiary alicyclic amines) is 1. The summed E-state index contributed by atoms with van der Waals surface area (Å²) in [6.07, 6.45) is 1.92. The molecule has 1 heterocycles. The van der Waals surface area contributed by atoms with Crippen LogP contribution in [0.1, 0.15) is 23.2 Å². The van der Waals surface area contributed by atoms with E-state index < -0.39 is 10.0 Å². The molecular formula is C19H22N2O4S. The predicted molar refractivity (Wildman–Crippen MR) is 100 cm³/mol. The van der Waals surface area contributed by atoms with Crippen LogP contribution >= 0.6 is 0 Å². The molecule has 1 aliphatic rings. The van der Waals surface area contributed by atoms with Crippen molar-refractivity contribution in [2.45, 2.75) is 17.7 Å². The van der Waals surface area contributed by atoms with E-state index >= 15 is 0 Å². The number of sulfonamides is 1. The van der Waals surface area contributed by atoms with Gasteiger partial charge in [-0.05, 0) is 43.2 Å². The van der Waals surface area contributed by atoms with Gasteiger partial charge < -0.3 is 9.64 Å². The first-order chi connectivity index (χ1) is 12.4. The van der Waals surface area contributed by atoms with Gasteiger partial charge in [0.25, 0.3) is 15.9 Å². The number of methoxy groups -OCH3 is 1. The summed E-state index contributed by atoms with van der Waals surface area (Å²) >= 11 is 0. The highest BCUT2D eigenvalue weighted by Crippen LogP contribution is 2.28. The molecule has 3 rings (SSSR count). The summed E-state index contributed by atoms with van der Waals surface area (Å²) in [7, 11) is -0.820. The minimum atomic E-state index is -3.79. The average Bonchev–Trinajstić information content (AvgIpc) is 3.21. The summed E-state index contributed by atoms with van der Waals surface area (Å²) < 4.78 is 32.5. The summed E-state index contributed by atoms with van der Waals surface area (Å²) in [5.74, 6) is 0.182. The third kappa shape index (κ3) is 3.39. The molecule has 6 nitrogen and oxygen atoms in total. The van der Waals surface area contributed by atoms with Crippen molar-refractivity contribution in [1.29, 1.82) is 0 Å². The molecule has 7 heteroatoms. The van der Waals surface area contributed by atoms with Gasteiger partial charge in [0, 0.05) is 20.1 Å². The maximum Gasteiger partial charge on any atom is 0.264 e. The fourth-order valence-corrected chi connectivity index (χ4v) is 4.26. The van der Waals surface area contributed by atoms with E-state index in [1.165, 1.54) is 36.7 Å². The monoisotopic (exact) mass is 374 g/mol. The van der Waals surface area contributed by atoms with Gasteiger partial charge in [0.15, 0.2) is 0 Å². The lowest BCUT2D eigenvalue weighted by Gasteiger charge is -2.21. The van der Waals surface area contributed by atoms with Gasteiger partial charge in [-0.3, -0.25) is 9.10 Å². The topological polar surface area (TPSA) is 66.9 Å². The Hall–Kier alpha value is -2.54. The van der Waals surface area contributed by atoms with Crippen LogP contribution in [-0.2, 0) is 10.0 Å². The average molecular weight is 374 g/mol. The summed E-state index contributed by atoms with van der Waals surface area (Å²) in [5, 5.41) is 0. The molecule has 0 atom stereocenters. The van der Waals surface area contributed by atoms with E-state index in [-0.39, 0.29) is 16.4 Å². The number of nitrogens with zero attached hydrogens (tertiary/aromatic N) is 2. The first-order valence-corrected chi connectivity index (χ1v) is 9.90. The van der Waals surface area contributed by atoms with E-state index in [4.69, 9.17) is 4.74 Å². The molecular weight excluding hydrogens is 352 g/mol. The summed E-state index contributed by atoms with van der Waals surface area (Å²) in [6, 6.07) is 13.2. The molecule has 0 saturated carbocycles. The highest BCUT2D eigenvalue weighted by atomic mass is 32.2. The molecule has 1 saturated heterocycles. The van der Waals surface area contributed by atoms with Crippen molar-refractivity contribution in [3.63, 3.8) is 0 Å². The molecule has 138 valence electrons. The smallest absolute Gasteiger partial charge is 0.264 e. The second-order valence-electron chi connectivity index (χ2n) is 6.17. The molecule has 26 heavy (non-hydrogen) atoms. The van der Waals surface area contributed by atoms with Crippen LogP contribution in [0.15, 0.2) is 53.4 Å². The summed E-state index contributed by atoms with van der Waals surface area (Å²) in [4.78, 5) is 14.6. The lowest BCUT2D eigenvalue weighted by molar-refractivity contribution is 0.0789. The lowest BCUT2D eigenvalue weighted by Crippen LogP contribution is -2.29. The second kappa shape index (κ2) is 7.37. The minimum Gasteiger partial charge on any atom is -0.496 e. The standard InChI is InChI=1S/C19H22N2O4S/c1-20(15-8-4-3-5-9-15)26(23,24)16-10-11-18(25-2)17(14-16)19(22)21-12-6-7-13-21/h3-5,8-11,14H,6-7,12-13H2,1-2H3. The van der Waals surface area contributed by atoms with Crippen LogP contribution in [0, 0.1) is 0 Å². The Morgan fingerprint density at radius 2 is 1.73 bits per heavy atom. The highest BCUT2D eigenvalue weighted by Gasteiger charge is 2.27. The zero-order valence-corrected chi connectivity index (χ0v) is 15.7. The third-order valence-corrected chi connectivity index (χ3v) is 6.35. The molecule has 2 aromatic carbocycles. The molecule has 2 aromatic rings. The number of hydrogen-bond donors (Lipinski definition) is 0. The highest BCUT2D eigenvalue weighted by molar-refractivity contribution is 7.92. The Morgan fingerprint density at radius 1 is 1.08 bits per heavy atom. The van der Waals surface area contributed by atoms with Crippen molar-refractivity contribution in [3.8, 4) is 5.75 Å². The van der Waals surface area contributed by atoms with Gasteiger partial charge >= 0.3 is 0 Å². The van der Waals surface area contributed by atoms with Crippen LogP contribution in [0.3, 0.4) is 0 Å². The molecule has 0 radical (unpaired) electrons. The molecule has 0 aliphatic carbocycles. The number of para-hydroxylation sites is 1. The van der Waals surface area contributed by atoms with Gasteiger partial charge in [0.2, 0.25) is 0 Å². The van der Waals surface area contributed by atoms with Crippen molar-refractivity contribution in [1.82, 2.24) is 4.90 Å².